The van der Waals surface area contributed by atoms with Gasteiger partial charge in [0, 0.05) is 5.56 Å². The van der Waals surface area contributed by atoms with Crippen LogP contribution in [0.4, 0.5) is 0 Å². The first-order chi connectivity index (χ1) is 14.7. The molecule has 0 saturated carbocycles. The number of fused-ring (bicyclic) bond motifs is 1. The van der Waals surface area contributed by atoms with E-state index in [1.54, 1.807) is 28.4 Å². The van der Waals surface area contributed by atoms with Gasteiger partial charge in [0.2, 0.25) is 5.75 Å². The molecule has 1 heterocycles. The fourth-order valence-corrected chi connectivity index (χ4v) is 3.55. The van der Waals surface area contributed by atoms with Gasteiger partial charge in [-0.25, -0.2) is 4.98 Å². The number of para-hydroxylation sites is 1. The normalized spacial score (nSPS) is 10.8. The number of hydrogen-bond donors (Lipinski definition) is 1. The Labute approximate surface area is 175 Å². The van der Waals surface area contributed by atoms with Gasteiger partial charge in [0.05, 0.1) is 39.5 Å². The zero-order chi connectivity index (χ0) is 21.1. The predicted molar refractivity (Wildman–Crippen MR) is 117 cm³/mol. The summed E-state index contributed by atoms with van der Waals surface area (Å²) < 4.78 is 21.6. The lowest BCUT2D eigenvalue weighted by atomic mass is 10.0. The molecular weight excluding hydrogens is 380 g/mol. The summed E-state index contributed by atoms with van der Waals surface area (Å²) in [5.74, 6) is 3.32. The lowest BCUT2D eigenvalue weighted by Gasteiger charge is -2.13. The fourth-order valence-electron chi connectivity index (χ4n) is 3.55. The number of methoxy groups -OCH3 is 4. The zero-order valence-corrected chi connectivity index (χ0v) is 17.5. The molecule has 0 atom stereocenters. The van der Waals surface area contributed by atoms with Gasteiger partial charge >= 0.3 is 0 Å². The molecule has 4 aromatic rings. The highest BCUT2D eigenvalue weighted by Gasteiger charge is 2.17. The van der Waals surface area contributed by atoms with Crippen LogP contribution in [0.15, 0.2) is 54.6 Å². The molecule has 0 spiro atoms. The number of aromatic nitrogens is 2. The first-order valence-electron chi connectivity index (χ1n) is 9.57. The van der Waals surface area contributed by atoms with Crippen LogP contribution < -0.4 is 18.9 Å². The predicted octanol–water partition coefficient (Wildman–Crippen LogP) is 4.86. The van der Waals surface area contributed by atoms with E-state index in [0.29, 0.717) is 17.2 Å². The number of H-pyrrole nitrogens is 1. The van der Waals surface area contributed by atoms with E-state index >= 15 is 0 Å². The van der Waals surface area contributed by atoms with Crippen molar-refractivity contribution in [3.8, 4) is 34.4 Å². The summed E-state index contributed by atoms with van der Waals surface area (Å²) in [6, 6.07) is 18.0. The molecule has 1 N–H and O–H groups in total. The molecule has 1 aromatic heterocycles. The van der Waals surface area contributed by atoms with Crippen LogP contribution in [0, 0.1) is 0 Å². The molecule has 0 unspecified atom stereocenters. The van der Waals surface area contributed by atoms with Crippen molar-refractivity contribution in [1.29, 1.82) is 0 Å². The quantitative estimate of drug-likeness (QED) is 0.477. The van der Waals surface area contributed by atoms with E-state index < -0.39 is 0 Å². The van der Waals surface area contributed by atoms with Crippen molar-refractivity contribution < 1.29 is 18.9 Å². The summed E-state index contributed by atoms with van der Waals surface area (Å²) in [6.45, 7) is 0. The third-order valence-electron chi connectivity index (χ3n) is 5.09. The SMILES string of the molecule is COc1ccc(Cc2cccc3[nH]c(-c4cc(OC)c(OC)c(OC)c4)nc23)cc1. The molecule has 4 rings (SSSR count). The maximum atomic E-state index is 5.48. The van der Waals surface area contributed by atoms with Crippen molar-refractivity contribution in [3.05, 3.63) is 65.7 Å². The summed E-state index contributed by atoms with van der Waals surface area (Å²) in [4.78, 5) is 8.30. The van der Waals surface area contributed by atoms with Crippen molar-refractivity contribution in [1.82, 2.24) is 9.97 Å². The lowest BCUT2D eigenvalue weighted by Crippen LogP contribution is -1.96. The molecule has 0 aliphatic heterocycles. The van der Waals surface area contributed by atoms with Crippen LogP contribution in [-0.2, 0) is 6.42 Å². The minimum atomic E-state index is 0.556. The third-order valence-corrected chi connectivity index (χ3v) is 5.09. The molecule has 0 fully saturated rings. The number of aromatic amines is 1. The molecule has 0 bridgehead atoms. The second-order valence-electron chi connectivity index (χ2n) is 6.84. The average Bonchev–Trinajstić information content (AvgIpc) is 3.24. The number of nitrogens with zero attached hydrogens (tertiary/aromatic N) is 1. The van der Waals surface area contributed by atoms with Gasteiger partial charge in [-0.3, -0.25) is 0 Å². The topological polar surface area (TPSA) is 65.6 Å². The first kappa shape index (κ1) is 19.6. The van der Waals surface area contributed by atoms with Crippen molar-refractivity contribution in [2.75, 3.05) is 28.4 Å². The van der Waals surface area contributed by atoms with Crippen LogP contribution >= 0.6 is 0 Å². The van der Waals surface area contributed by atoms with Gasteiger partial charge in [0.1, 0.15) is 11.6 Å². The van der Waals surface area contributed by atoms with Crippen molar-refractivity contribution in [3.63, 3.8) is 0 Å². The highest BCUT2D eigenvalue weighted by molar-refractivity contribution is 5.83. The maximum absolute atomic E-state index is 5.48. The Hall–Kier alpha value is -3.67. The number of hydrogen-bond acceptors (Lipinski definition) is 5. The highest BCUT2D eigenvalue weighted by Crippen LogP contribution is 2.41. The zero-order valence-electron chi connectivity index (χ0n) is 17.5. The maximum Gasteiger partial charge on any atom is 0.203 e. The van der Waals surface area contributed by atoms with Crippen LogP contribution in [0.5, 0.6) is 23.0 Å². The molecule has 3 aromatic carbocycles. The smallest absolute Gasteiger partial charge is 0.203 e. The van der Waals surface area contributed by atoms with Gasteiger partial charge in [-0.15, -0.1) is 0 Å². The van der Waals surface area contributed by atoms with E-state index in [4.69, 9.17) is 23.9 Å². The molecule has 0 amide bonds. The van der Waals surface area contributed by atoms with Gasteiger partial charge in [0.15, 0.2) is 11.5 Å². The number of benzene rings is 3. The van der Waals surface area contributed by atoms with E-state index in [1.807, 2.05) is 36.4 Å². The van der Waals surface area contributed by atoms with Crippen LogP contribution in [-0.4, -0.2) is 38.4 Å². The number of nitrogens with one attached hydrogen (secondary N) is 1. The van der Waals surface area contributed by atoms with Gasteiger partial charge < -0.3 is 23.9 Å². The van der Waals surface area contributed by atoms with Crippen molar-refractivity contribution in [2.45, 2.75) is 6.42 Å². The second-order valence-corrected chi connectivity index (χ2v) is 6.84. The Morgan fingerprint density at radius 3 is 2.10 bits per heavy atom. The summed E-state index contributed by atoms with van der Waals surface area (Å²) in [5.41, 5.74) is 5.12. The van der Waals surface area contributed by atoms with E-state index in [0.717, 1.165) is 40.2 Å². The Balaban J connectivity index is 1.74. The van der Waals surface area contributed by atoms with E-state index in [-0.39, 0.29) is 0 Å². The van der Waals surface area contributed by atoms with E-state index in [2.05, 4.69) is 23.2 Å². The van der Waals surface area contributed by atoms with E-state index in [1.165, 1.54) is 5.56 Å². The fraction of sp³-hybridized carbons (Fsp3) is 0.208. The number of ether oxygens (including phenoxy) is 4. The second kappa shape index (κ2) is 8.37. The van der Waals surface area contributed by atoms with E-state index in [9.17, 15) is 0 Å². The molecule has 0 aliphatic rings. The average molecular weight is 404 g/mol. The third kappa shape index (κ3) is 3.64. The van der Waals surface area contributed by atoms with Crippen molar-refractivity contribution in [2.24, 2.45) is 0 Å². The van der Waals surface area contributed by atoms with Gasteiger partial charge in [-0.1, -0.05) is 24.3 Å². The standard InChI is InChI=1S/C24H24N2O4/c1-27-18-10-8-15(9-11-18)12-16-6-5-7-19-22(16)26-24(25-19)17-13-20(28-2)23(30-4)21(14-17)29-3/h5-11,13-14H,12H2,1-4H3,(H,25,26). The minimum absolute atomic E-state index is 0.556. The molecule has 0 saturated heterocycles. The van der Waals surface area contributed by atoms with Crippen molar-refractivity contribution >= 4 is 11.0 Å². The molecule has 6 nitrogen and oxygen atoms in total. The van der Waals surface area contributed by atoms with Crippen LogP contribution in [0.25, 0.3) is 22.4 Å². The molecule has 154 valence electrons. The molecule has 6 heteroatoms. The first-order valence-corrected chi connectivity index (χ1v) is 9.57. The summed E-state index contributed by atoms with van der Waals surface area (Å²) >= 11 is 0. The number of rotatable bonds is 7. The lowest BCUT2D eigenvalue weighted by molar-refractivity contribution is 0.324. The summed E-state index contributed by atoms with van der Waals surface area (Å²) in [5, 5.41) is 0. The monoisotopic (exact) mass is 404 g/mol. The molecule has 30 heavy (non-hydrogen) atoms. The summed E-state index contributed by atoms with van der Waals surface area (Å²) in [7, 11) is 6.47. The van der Waals surface area contributed by atoms with Gasteiger partial charge in [-0.05, 0) is 47.9 Å². The molecular formula is C24H24N2O4. The number of imidazole rings is 1. The van der Waals surface area contributed by atoms with Gasteiger partial charge in [0.25, 0.3) is 0 Å². The summed E-state index contributed by atoms with van der Waals surface area (Å²) in [6.07, 6.45) is 0.779. The largest absolute Gasteiger partial charge is 0.497 e. The Bertz CT molecular complexity index is 1140. The Morgan fingerprint density at radius 1 is 0.800 bits per heavy atom. The Morgan fingerprint density at radius 2 is 1.50 bits per heavy atom. The van der Waals surface area contributed by atoms with Crippen LogP contribution in [0.1, 0.15) is 11.1 Å². The Kier molecular flexibility index (Phi) is 5.48. The van der Waals surface area contributed by atoms with Crippen LogP contribution in [0.3, 0.4) is 0 Å². The molecule has 0 aliphatic carbocycles. The highest BCUT2D eigenvalue weighted by atomic mass is 16.5. The van der Waals surface area contributed by atoms with Crippen LogP contribution in [0.2, 0.25) is 0 Å². The molecule has 0 radical (unpaired) electrons. The van der Waals surface area contributed by atoms with Gasteiger partial charge in [-0.2, -0.15) is 0 Å². The minimum Gasteiger partial charge on any atom is -0.497 e.